The molecule has 7 heteroatoms. The topological polar surface area (TPSA) is 77.1 Å². The summed E-state index contributed by atoms with van der Waals surface area (Å²) in [6.45, 7) is 3.91. The Balaban J connectivity index is 1.32. The summed E-state index contributed by atoms with van der Waals surface area (Å²) in [5, 5.41) is 3.20. The monoisotopic (exact) mass is 398 g/mol. The molecule has 4 atom stereocenters. The number of piperidine rings is 1. The first kappa shape index (κ1) is 18.5. The second kappa shape index (κ2) is 7.06. The molecule has 3 aliphatic heterocycles. The number of hydrogen-bond donors (Lipinski definition) is 1. The standard InChI is InChI=1S/C22H26N2O5/c1-22(16-5-3-2-4-15(16)6-7-29-22)21(26)23-17-10-14-11-18(17)24(12-14)20(25)19-13-27-8-9-28-19/h2-5,13-14,17-18H,6-12H2,1H3,(H,23,26)/t14-,17-,18-,22?/m1/s1. The Morgan fingerprint density at radius 3 is 2.83 bits per heavy atom. The van der Waals surface area contributed by atoms with Crippen LogP contribution in [0.25, 0.3) is 0 Å². The van der Waals surface area contributed by atoms with Gasteiger partial charge in [-0.2, -0.15) is 0 Å². The predicted octanol–water partition coefficient (Wildman–Crippen LogP) is 1.47. The van der Waals surface area contributed by atoms with Crippen molar-refractivity contribution in [3.63, 3.8) is 0 Å². The van der Waals surface area contributed by atoms with Gasteiger partial charge in [0.15, 0.2) is 5.60 Å². The van der Waals surface area contributed by atoms with E-state index in [9.17, 15) is 9.59 Å². The van der Waals surface area contributed by atoms with Crippen molar-refractivity contribution in [3.8, 4) is 0 Å². The minimum Gasteiger partial charge on any atom is -0.494 e. The summed E-state index contributed by atoms with van der Waals surface area (Å²) < 4.78 is 16.7. The average Bonchev–Trinajstić information content (AvgIpc) is 3.35. The fraction of sp³-hybridized carbons (Fsp3) is 0.545. The smallest absolute Gasteiger partial charge is 0.292 e. The number of carbonyl (C=O) groups excluding carboxylic acids is 2. The van der Waals surface area contributed by atoms with E-state index in [2.05, 4.69) is 11.4 Å². The molecule has 2 bridgehead atoms. The van der Waals surface area contributed by atoms with E-state index >= 15 is 0 Å². The third-order valence-corrected chi connectivity index (χ3v) is 6.65. The van der Waals surface area contributed by atoms with Crippen molar-refractivity contribution in [2.75, 3.05) is 26.4 Å². The summed E-state index contributed by atoms with van der Waals surface area (Å²) in [4.78, 5) is 28.0. The van der Waals surface area contributed by atoms with Gasteiger partial charge in [0.25, 0.3) is 11.8 Å². The van der Waals surface area contributed by atoms with Crippen LogP contribution in [0.5, 0.6) is 0 Å². The third kappa shape index (κ3) is 3.08. The van der Waals surface area contributed by atoms with Crippen molar-refractivity contribution in [1.29, 1.82) is 0 Å². The van der Waals surface area contributed by atoms with Gasteiger partial charge >= 0.3 is 0 Å². The van der Waals surface area contributed by atoms with Gasteiger partial charge in [-0.15, -0.1) is 0 Å². The SMILES string of the molecule is CC1(C(=O)N[C@@H]2C[C@@H]3C[C@H]2N(C(=O)C2=COCCO2)C3)OCCc2ccccc21. The number of benzene rings is 1. The third-order valence-electron chi connectivity index (χ3n) is 6.65. The number of fused-ring (bicyclic) bond motifs is 3. The summed E-state index contributed by atoms with van der Waals surface area (Å²) >= 11 is 0. The van der Waals surface area contributed by atoms with E-state index in [0.29, 0.717) is 32.3 Å². The van der Waals surface area contributed by atoms with E-state index in [-0.39, 0.29) is 29.7 Å². The van der Waals surface area contributed by atoms with Crippen LogP contribution in [0, 0.1) is 5.92 Å². The van der Waals surface area contributed by atoms with E-state index in [4.69, 9.17) is 14.2 Å². The molecule has 1 aliphatic carbocycles. The van der Waals surface area contributed by atoms with Gasteiger partial charge in [-0.3, -0.25) is 9.59 Å². The number of hydrogen-bond acceptors (Lipinski definition) is 5. The van der Waals surface area contributed by atoms with Crippen LogP contribution in [0.2, 0.25) is 0 Å². The molecule has 0 radical (unpaired) electrons. The molecule has 0 spiro atoms. The van der Waals surface area contributed by atoms with Gasteiger partial charge in [-0.1, -0.05) is 24.3 Å². The second-order valence-corrected chi connectivity index (χ2v) is 8.43. The molecule has 1 N–H and O–H groups in total. The zero-order valence-corrected chi connectivity index (χ0v) is 16.6. The molecule has 1 aromatic carbocycles. The lowest BCUT2D eigenvalue weighted by atomic mass is 9.86. The van der Waals surface area contributed by atoms with Crippen LogP contribution in [-0.4, -0.2) is 55.2 Å². The van der Waals surface area contributed by atoms with Gasteiger partial charge in [-0.25, -0.2) is 0 Å². The Morgan fingerprint density at radius 2 is 2.03 bits per heavy atom. The zero-order valence-electron chi connectivity index (χ0n) is 16.6. The lowest BCUT2D eigenvalue weighted by Crippen LogP contribution is -2.56. The summed E-state index contributed by atoms with van der Waals surface area (Å²) in [5.41, 5.74) is 1.08. The van der Waals surface area contributed by atoms with Crippen LogP contribution in [0.1, 0.15) is 30.9 Å². The zero-order chi connectivity index (χ0) is 20.0. The van der Waals surface area contributed by atoms with E-state index in [1.807, 2.05) is 30.0 Å². The number of rotatable bonds is 3. The molecule has 29 heavy (non-hydrogen) atoms. The van der Waals surface area contributed by atoms with Crippen molar-refractivity contribution >= 4 is 11.8 Å². The van der Waals surface area contributed by atoms with Crippen molar-refractivity contribution in [2.45, 2.75) is 43.9 Å². The summed E-state index contributed by atoms with van der Waals surface area (Å²) in [5.74, 6) is 0.366. The van der Waals surface area contributed by atoms with E-state index in [1.165, 1.54) is 6.26 Å². The van der Waals surface area contributed by atoms with Crippen LogP contribution in [0.15, 0.2) is 36.3 Å². The lowest BCUT2D eigenvalue weighted by molar-refractivity contribution is -0.150. The largest absolute Gasteiger partial charge is 0.494 e. The van der Waals surface area contributed by atoms with Crippen LogP contribution < -0.4 is 5.32 Å². The molecule has 3 heterocycles. The molecule has 7 nitrogen and oxygen atoms in total. The van der Waals surface area contributed by atoms with E-state index in [0.717, 1.165) is 30.4 Å². The average molecular weight is 398 g/mol. The normalized spacial score (nSPS) is 32.7. The van der Waals surface area contributed by atoms with Gasteiger partial charge in [0.05, 0.1) is 12.6 Å². The maximum atomic E-state index is 13.3. The molecular formula is C22H26N2O5. The summed E-state index contributed by atoms with van der Waals surface area (Å²) in [6.07, 6.45) is 4.00. The predicted molar refractivity (Wildman–Crippen MR) is 104 cm³/mol. The number of nitrogens with zero attached hydrogens (tertiary/aromatic N) is 1. The highest BCUT2D eigenvalue weighted by Gasteiger charge is 2.50. The van der Waals surface area contributed by atoms with E-state index < -0.39 is 5.60 Å². The van der Waals surface area contributed by atoms with Gasteiger partial charge in [-0.05, 0) is 43.2 Å². The number of nitrogens with one attached hydrogen (secondary N) is 1. The number of carbonyl (C=O) groups is 2. The molecular weight excluding hydrogens is 372 g/mol. The van der Waals surface area contributed by atoms with Crippen molar-refractivity contribution in [3.05, 3.63) is 47.4 Å². The molecule has 1 saturated carbocycles. The first-order valence-electron chi connectivity index (χ1n) is 10.3. The first-order chi connectivity index (χ1) is 14.1. The van der Waals surface area contributed by atoms with Gasteiger partial charge in [0.1, 0.15) is 19.5 Å². The van der Waals surface area contributed by atoms with Crippen LogP contribution in [0.4, 0.5) is 0 Å². The van der Waals surface area contributed by atoms with Crippen molar-refractivity contribution in [2.24, 2.45) is 5.92 Å². The maximum absolute atomic E-state index is 13.3. The number of amides is 2. The Kier molecular flexibility index (Phi) is 4.50. The summed E-state index contributed by atoms with van der Waals surface area (Å²) in [6, 6.07) is 7.86. The fourth-order valence-corrected chi connectivity index (χ4v) is 5.18. The molecule has 2 amide bonds. The van der Waals surface area contributed by atoms with Gasteiger partial charge in [0.2, 0.25) is 5.76 Å². The van der Waals surface area contributed by atoms with Crippen LogP contribution >= 0.6 is 0 Å². The fourth-order valence-electron chi connectivity index (χ4n) is 5.18. The van der Waals surface area contributed by atoms with Gasteiger partial charge in [0, 0.05) is 12.6 Å². The molecule has 2 fully saturated rings. The Morgan fingerprint density at radius 1 is 1.17 bits per heavy atom. The quantitative estimate of drug-likeness (QED) is 0.834. The molecule has 1 saturated heterocycles. The minimum atomic E-state index is -1.01. The number of ether oxygens (including phenoxy) is 3. The van der Waals surface area contributed by atoms with Crippen LogP contribution in [-0.2, 0) is 35.8 Å². The Bertz CT molecular complexity index is 869. The molecule has 5 rings (SSSR count). The highest BCUT2D eigenvalue weighted by atomic mass is 16.6. The Hall–Kier alpha value is -2.54. The van der Waals surface area contributed by atoms with E-state index in [1.54, 1.807) is 0 Å². The molecule has 1 unspecified atom stereocenters. The first-order valence-corrected chi connectivity index (χ1v) is 10.3. The Labute approximate surface area is 170 Å². The van der Waals surface area contributed by atoms with Crippen LogP contribution in [0.3, 0.4) is 0 Å². The second-order valence-electron chi connectivity index (χ2n) is 8.43. The maximum Gasteiger partial charge on any atom is 0.292 e. The number of likely N-dealkylation sites (tertiary alicyclic amines) is 1. The van der Waals surface area contributed by atoms with Crippen molar-refractivity contribution in [1.82, 2.24) is 10.2 Å². The lowest BCUT2D eigenvalue weighted by Gasteiger charge is -2.38. The van der Waals surface area contributed by atoms with Gasteiger partial charge < -0.3 is 24.4 Å². The summed E-state index contributed by atoms with van der Waals surface area (Å²) in [7, 11) is 0. The molecule has 0 aromatic heterocycles. The molecule has 1 aromatic rings. The highest BCUT2D eigenvalue weighted by molar-refractivity contribution is 5.92. The highest BCUT2D eigenvalue weighted by Crippen LogP contribution is 2.40. The minimum absolute atomic E-state index is 0.0229. The molecule has 154 valence electrons. The van der Waals surface area contributed by atoms with Crippen molar-refractivity contribution < 1.29 is 23.8 Å². The molecule has 4 aliphatic rings.